The zero-order chi connectivity index (χ0) is 29.5. The first-order valence-electron chi connectivity index (χ1n) is 12.7. The number of rotatable bonds is 10. The molecule has 0 spiro atoms. The highest BCUT2D eigenvalue weighted by Gasteiger charge is 2.10. The molecule has 0 atom stereocenters. The van der Waals surface area contributed by atoms with Crippen LogP contribution >= 0.6 is 27.3 Å². The number of carbonyl (C=O) groups is 1. The molecule has 0 fully saturated rings. The number of ether oxygens (including phenoxy) is 1. The van der Waals surface area contributed by atoms with Crippen LogP contribution in [0, 0.1) is 17.0 Å². The molecule has 1 amide bonds. The summed E-state index contributed by atoms with van der Waals surface area (Å²) < 4.78 is 6.69. The van der Waals surface area contributed by atoms with Crippen LogP contribution in [-0.4, -0.2) is 22.0 Å². The fraction of sp³-hybridized carbons (Fsp3) is 0.0645. The molecule has 0 radical (unpaired) electrons. The number of aromatic nitrogens is 1. The Labute approximate surface area is 254 Å². The second kappa shape index (κ2) is 13.2. The van der Waals surface area contributed by atoms with Gasteiger partial charge in [0.05, 0.1) is 16.8 Å². The number of nitrogens with zero attached hydrogens (tertiary/aromatic N) is 3. The Morgan fingerprint density at radius 3 is 2.62 bits per heavy atom. The third kappa shape index (κ3) is 7.45. The van der Waals surface area contributed by atoms with Crippen LogP contribution in [0.3, 0.4) is 0 Å². The lowest BCUT2D eigenvalue weighted by Gasteiger charge is -2.10. The van der Waals surface area contributed by atoms with E-state index in [0.717, 1.165) is 26.5 Å². The third-order valence-corrected chi connectivity index (χ3v) is 7.36. The summed E-state index contributed by atoms with van der Waals surface area (Å²) in [5, 5.41) is 21.2. The van der Waals surface area contributed by atoms with Gasteiger partial charge in [-0.15, -0.1) is 11.3 Å². The minimum absolute atomic E-state index is 0.00380. The van der Waals surface area contributed by atoms with E-state index in [1.165, 1.54) is 35.2 Å². The average Bonchev–Trinajstić information content (AvgIpc) is 3.46. The quantitative estimate of drug-likeness (QED) is 0.0909. The number of thiazole rings is 1. The van der Waals surface area contributed by atoms with Crippen molar-refractivity contribution in [3.8, 4) is 17.0 Å². The normalized spacial score (nSPS) is 10.9. The maximum Gasteiger partial charge on any atom is 0.271 e. The van der Waals surface area contributed by atoms with Crippen LogP contribution in [0.25, 0.3) is 11.3 Å². The van der Waals surface area contributed by atoms with E-state index in [2.05, 4.69) is 36.8 Å². The SMILES string of the molecule is Cc1ccc(Nc2nc(-c3ccc(C(=O)N/N=C\c4cc(Br)ccc4OCc4cccc([N+](=O)[O-])c4)cc3)cs2)cc1. The Kier molecular flexibility index (Phi) is 9.00. The summed E-state index contributed by atoms with van der Waals surface area (Å²) in [4.78, 5) is 28.0. The summed E-state index contributed by atoms with van der Waals surface area (Å²) in [5.41, 5.74) is 8.12. The molecule has 5 rings (SSSR count). The average molecular weight is 643 g/mol. The molecule has 0 unspecified atom stereocenters. The number of carbonyl (C=O) groups excluding carboxylic acids is 1. The fourth-order valence-electron chi connectivity index (χ4n) is 3.91. The monoisotopic (exact) mass is 641 g/mol. The minimum atomic E-state index is -0.447. The number of nitrogens with one attached hydrogen (secondary N) is 2. The van der Waals surface area contributed by atoms with Gasteiger partial charge in [-0.3, -0.25) is 14.9 Å². The van der Waals surface area contributed by atoms with E-state index in [4.69, 9.17) is 4.74 Å². The molecule has 5 aromatic rings. The molecular formula is C31H24BrN5O4S. The Hall–Kier alpha value is -4.87. The molecule has 210 valence electrons. The van der Waals surface area contributed by atoms with Gasteiger partial charge in [-0.25, -0.2) is 10.4 Å². The molecule has 4 aromatic carbocycles. The van der Waals surface area contributed by atoms with Crippen LogP contribution in [0.5, 0.6) is 5.75 Å². The first-order chi connectivity index (χ1) is 20.3. The highest BCUT2D eigenvalue weighted by molar-refractivity contribution is 9.10. The molecule has 0 bridgehead atoms. The molecule has 1 aromatic heterocycles. The molecule has 11 heteroatoms. The number of hydrogen-bond donors (Lipinski definition) is 2. The summed E-state index contributed by atoms with van der Waals surface area (Å²) in [5.74, 6) is 0.137. The molecule has 2 N–H and O–H groups in total. The van der Waals surface area contributed by atoms with E-state index >= 15 is 0 Å². The van der Waals surface area contributed by atoms with Crippen molar-refractivity contribution in [3.05, 3.63) is 133 Å². The van der Waals surface area contributed by atoms with E-state index in [9.17, 15) is 14.9 Å². The molecule has 9 nitrogen and oxygen atoms in total. The van der Waals surface area contributed by atoms with Crippen LogP contribution in [0.4, 0.5) is 16.5 Å². The van der Waals surface area contributed by atoms with Crippen LogP contribution in [0.1, 0.15) is 27.0 Å². The number of hydrogen-bond acceptors (Lipinski definition) is 8. The summed E-state index contributed by atoms with van der Waals surface area (Å²) in [6.45, 7) is 2.17. The van der Waals surface area contributed by atoms with Crippen LogP contribution in [0.2, 0.25) is 0 Å². The number of nitro groups is 1. The molecule has 42 heavy (non-hydrogen) atoms. The van der Waals surface area contributed by atoms with E-state index < -0.39 is 4.92 Å². The number of anilines is 2. The maximum atomic E-state index is 12.7. The predicted molar refractivity (Wildman–Crippen MR) is 169 cm³/mol. The van der Waals surface area contributed by atoms with Gasteiger partial charge in [-0.2, -0.15) is 5.10 Å². The molecule has 0 saturated carbocycles. The van der Waals surface area contributed by atoms with Crippen molar-refractivity contribution in [1.82, 2.24) is 10.4 Å². The Morgan fingerprint density at radius 1 is 1.07 bits per heavy atom. The standard InChI is InChI=1S/C31H24BrN5O4S/c1-20-5-12-26(13-6-20)34-31-35-28(19-42-31)22-7-9-23(10-8-22)30(38)36-33-17-24-16-25(32)11-14-29(24)41-18-21-3-2-4-27(15-21)37(39)40/h2-17,19H,18H2,1H3,(H,34,35)(H,36,38)/b33-17-. The summed E-state index contributed by atoms with van der Waals surface area (Å²) >= 11 is 4.94. The van der Waals surface area contributed by atoms with Gasteiger partial charge >= 0.3 is 0 Å². The number of hydrazone groups is 1. The Morgan fingerprint density at radius 2 is 1.86 bits per heavy atom. The third-order valence-electron chi connectivity index (χ3n) is 6.11. The van der Waals surface area contributed by atoms with E-state index in [1.54, 1.807) is 36.4 Å². The maximum absolute atomic E-state index is 12.7. The Bertz CT molecular complexity index is 1750. The van der Waals surface area contributed by atoms with E-state index in [0.29, 0.717) is 22.4 Å². The number of amides is 1. The van der Waals surface area contributed by atoms with Crippen LogP contribution in [0.15, 0.2) is 106 Å². The summed E-state index contributed by atoms with van der Waals surface area (Å²) in [6.07, 6.45) is 1.48. The lowest BCUT2D eigenvalue weighted by Crippen LogP contribution is -2.17. The van der Waals surface area contributed by atoms with E-state index in [1.807, 2.05) is 54.8 Å². The molecular weight excluding hydrogens is 618 g/mol. The summed E-state index contributed by atoms with van der Waals surface area (Å²) in [7, 11) is 0. The van der Waals surface area contributed by atoms with Crippen LogP contribution in [-0.2, 0) is 6.61 Å². The van der Waals surface area contributed by atoms with Crippen molar-refractivity contribution in [1.29, 1.82) is 0 Å². The minimum Gasteiger partial charge on any atom is -0.488 e. The molecule has 0 aliphatic rings. The highest BCUT2D eigenvalue weighted by Crippen LogP contribution is 2.28. The van der Waals surface area contributed by atoms with Crippen molar-refractivity contribution in [2.75, 3.05) is 5.32 Å². The molecule has 0 saturated heterocycles. The van der Waals surface area contributed by atoms with E-state index in [-0.39, 0.29) is 18.2 Å². The number of aryl methyl sites for hydroxylation is 1. The van der Waals surface area contributed by atoms with Gasteiger partial charge in [-0.1, -0.05) is 57.9 Å². The zero-order valence-corrected chi connectivity index (χ0v) is 24.7. The number of halogens is 1. The fourth-order valence-corrected chi connectivity index (χ4v) is 5.03. The zero-order valence-electron chi connectivity index (χ0n) is 22.3. The molecule has 1 heterocycles. The van der Waals surface area contributed by atoms with Crippen molar-refractivity contribution < 1.29 is 14.5 Å². The van der Waals surface area contributed by atoms with Gasteiger partial charge in [0.2, 0.25) is 0 Å². The Balaban J connectivity index is 1.20. The van der Waals surface area contributed by atoms with Crippen LogP contribution < -0.4 is 15.5 Å². The number of nitro benzene ring substituents is 1. The molecule has 0 aliphatic carbocycles. The lowest BCUT2D eigenvalue weighted by molar-refractivity contribution is -0.384. The van der Waals surface area contributed by atoms with Crippen molar-refractivity contribution >= 4 is 55.9 Å². The topological polar surface area (TPSA) is 119 Å². The van der Waals surface area contributed by atoms with Crippen molar-refractivity contribution in [2.45, 2.75) is 13.5 Å². The predicted octanol–water partition coefficient (Wildman–Crippen LogP) is 7.88. The number of benzene rings is 4. The van der Waals surface area contributed by atoms with Gasteiger partial charge < -0.3 is 10.1 Å². The van der Waals surface area contributed by atoms with Crippen molar-refractivity contribution in [2.24, 2.45) is 5.10 Å². The van der Waals surface area contributed by atoms with Crippen molar-refractivity contribution in [3.63, 3.8) is 0 Å². The number of non-ortho nitro benzene ring substituents is 1. The first-order valence-corrected chi connectivity index (χ1v) is 14.4. The van der Waals surface area contributed by atoms with Gasteiger partial charge in [0.1, 0.15) is 12.4 Å². The van der Waals surface area contributed by atoms with Gasteiger partial charge in [0, 0.05) is 44.4 Å². The highest BCUT2D eigenvalue weighted by atomic mass is 79.9. The molecule has 0 aliphatic heterocycles. The van der Waals surface area contributed by atoms with Gasteiger partial charge in [0.15, 0.2) is 5.13 Å². The lowest BCUT2D eigenvalue weighted by atomic mass is 10.1. The summed E-state index contributed by atoms with van der Waals surface area (Å²) in [6, 6.07) is 26.9. The largest absolute Gasteiger partial charge is 0.488 e. The first kappa shape index (κ1) is 28.7. The van der Waals surface area contributed by atoms with Gasteiger partial charge in [-0.05, 0) is 55.0 Å². The second-order valence-corrected chi connectivity index (χ2v) is 11.0. The second-order valence-electron chi connectivity index (χ2n) is 9.20. The smallest absolute Gasteiger partial charge is 0.271 e. The van der Waals surface area contributed by atoms with Gasteiger partial charge in [0.25, 0.3) is 11.6 Å².